The van der Waals surface area contributed by atoms with Crippen LogP contribution in [0.1, 0.15) is 26.9 Å². The third kappa shape index (κ3) is 4.69. The maximum Gasteiger partial charge on any atom is 0.203 e. The summed E-state index contributed by atoms with van der Waals surface area (Å²) in [6.45, 7) is 0. The first kappa shape index (κ1) is 20.3. The highest BCUT2D eigenvalue weighted by Crippen LogP contribution is 2.45. The first-order valence-corrected chi connectivity index (χ1v) is 10.5. The number of carbonyl (C=O) groups is 1. The van der Waals surface area contributed by atoms with Crippen LogP contribution in [0.5, 0.6) is 17.2 Å². The van der Waals surface area contributed by atoms with Gasteiger partial charge in [-0.15, -0.1) is 23.1 Å². The van der Waals surface area contributed by atoms with Crippen molar-refractivity contribution in [2.75, 3.05) is 21.3 Å². The minimum atomic E-state index is -0.0919. The summed E-state index contributed by atoms with van der Waals surface area (Å²) in [4.78, 5) is 14.7. The number of thioether (sulfide) groups is 1. The number of carbonyl (C=O) groups excluding carboxylic acids is 1. The molecular formula is C22H22O4S2. The van der Waals surface area contributed by atoms with Gasteiger partial charge in [0.2, 0.25) is 5.75 Å². The normalized spacial score (nSPS) is 11.7. The monoisotopic (exact) mass is 414 g/mol. The van der Waals surface area contributed by atoms with Gasteiger partial charge >= 0.3 is 0 Å². The molecule has 6 heteroatoms. The van der Waals surface area contributed by atoms with Crippen molar-refractivity contribution < 1.29 is 19.0 Å². The zero-order chi connectivity index (χ0) is 19.9. The molecule has 1 unspecified atom stereocenters. The van der Waals surface area contributed by atoms with Crippen LogP contribution in [0.3, 0.4) is 0 Å². The van der Waals surface area contributed by atoms with Crippen LogP contribution in [0.15, 0.2) is 64.9 Å². The van der Waals surface area contributed by atoms with Gasteiger partial charge in [-0.25, -0.2) is 0 Å². The molecule has 0 saturated heterocycles. The van der Waals surface area contributed by atoms with Gasteiger partial charge in [0.15, 0.2) is 17.3 Å². The highest BCUT2D eigenvalue weighted by Gasteiger charge is 2.23. The van der Waals surface area contributed by atoms with Crippen molar-refractivity contribution in [3.05, 3.63) is 70.4 Å². The molecule has 2 aromatic carbocycles. The SMILES string of the molecule is COc1cc(C(CC(=O)c2cccs2)Sc2ccccc2)cc(OC)c1OC. The average molecular weight is 415 g/mol. The molecule has 1 atom stereocenters. The second kappa shape index (κ2) is 9.66. The summed E-state index contributed by atoms with van der Waals surface area (Å²) in [5, 5.41) is 1.83. The molecule has 1 heterocycles. The van der Waals surface area contributed by atoms with Crippen molar-refractivity contribution in [2.24, 2.45) is 0 Å². The van der Waals surface area contributed by atoms with Gasteiger partial charge < -0.3 is 14.2 Å². The summed E-state index contributed by atoms with van der Waals surface area (Å²) in [5.74, 6) is 1.83. The molecule has 0 N–H and O–H groups in total. The highest BCUT2D eigenvalue weighted by atomic mass is 32.2. The van der Waals surface area contributed by atoms with Crippen molar-refractivity contribution in [1.82, 2.24) is 0 Å². The Kier molecular flexibility index (Phi) is 7.01. The predicted octanol–water partition coefficient (Wildman–Crippen LogP) is 5.88. The van der Waals surface area contributed by atoms with E-state index in [2.05, 4.69) is 0 Å². The lowest BCUT2D eigenvalue weighted by Gasteiger charge is -2.20. The van der Waals surface area contributed by atoms with E-state index in [-0.39, 0.29) is 11.0 Å². The second-order valence-corrected chi connectivity index (χ2v) is 8.21. The van der Waals surface area contributed by atoms with Crippen LogP contribution < -0.4 is 14.2 Å². The van der Waals surface area contributed by atoms with E-state index in [1.165, 1.54) is 11.3 Å². The number of hydrogen-bond donors (Lipinski definition) is 0. The Morgan fingerprint density at radius 3 is 2.18 bits per heavy atom. The smallest absolute Gasteiger partial charge is 0.203 e. The fraction of sp³-hybridized carbons (Fsp3) is 0.227. The van der Waals surface area contributed by atoms with Crippen LogP contribution in [0.2, 0.25) is 0 Å². The summed E-state index contributed by atoms with van der Waals surface area (Å²) in [5.41, 5.74) is 0.952. The number of Topliss-reactive ketones (excluding diaryl/α,β-unsaturated/α-hetero) is 1. The number of rotatable bonds is 9. The molecule has 0 amide bonds. The molecule has 146 valence electrons. The fourth-order valence-electron chi connectivity index (χ4n) is 2.88. The van der Waals surface area contributed by atoms with Gasteiger partial charge in [-0.2, -0.15) is 0 Å². The van der Waals surface area contributed by atoms with Gasteiger partial charge in [-0.3, -0.25) is 4.79 Å². The highest BCUT2D eigenvalue weighted by molar-refractivity contribution is 7.99. The molecule has 0 fully saturated rings. The molecule has 3 rings (SSSR count). The Labute approximate surface area is 173 Å². The van der Waals surface area contributed by atoms with E-state index < -0.39 is 0 Å². The van der Waals surface area contributed by atoms with Gasteiger partial charge in [0.1, 0.15) is 0 Å². The van der Waals surface area contributed by atoms with Crippen molar-refractivity contribution in [1.29, 1.82) is 0 Å². The van der Waals surface area contributed by atoms with E-state index in [1.807, 2.05) is 60.0 Å². The van der Waals surface area contributed by atoms with E-state index in [0.717, 1.165) is 15.3 Å². The Morgan fingerprint density at radius 2 is 1.64 bits per heavy atom. The Hall–Kier alpha value is -2.44. The molecular weight excluding hydrogens is 392 g/mol. The standard InChI is InChI=1S/C22H22O4S2/c1-24-18-12-15(13-19(25-2)22(18)26-3)21(28-16-8-5-4-6-9-16)14-17(23)20-10-7-11-27-20/h4-13,21H,14H2,1-3H3. The van der Waals surface area contributed by atoms with Crippen LogP contribution in [0.25, 0.3) is 0 Å². The predicted molar refractivity (Wildman–Crippen MR) is 114 cm³/mol. The summed E-state index contributed by atoms with van der Waals surface area (Å²) in [6, 6.07) is 17.7. The summed E-state index contributed by atoms with van der Waals surface area (Å²) < 4.78 is 16.4. The summed E-state index contributed by atoms with van der Waals surface area (Å²) >= 11 is 3.12. The number of thiophene rings is 1. The first-order chi connectivity index (χ1) is 13.7. The molecule has 0 bridgehead atoms. The maximum atomic E-state index is 12.8. The van der Waals surface area contributed by atoms with E-state index in [4.69, 9.17) is 14.2 Å². The Morgan fingerprint density at radius 1 is 0.964 bits per heavy atom. The third-order valence-corrected chi connectivity index (χ3v) is 6.43. The van der Waals surface area contributed by atoms with Crippen LogP contribution in [-0.2, 0) is 0 Å². The lowest BCUT2D eigenvalue weighted by atomic mass is 10.0. The van der Waals surface area contributed by atoms with Gasteiger partial charge in [0, 0.05) is 16.6 Å². The van der Waals surface area contributed by atoms with Crippen LogP contribution in [-0.4, -0.2) is 27.1 Å². The van der Waals surface area contributed by atoms with Gasteiger partial charge in [0.05, 0.1) is 26.2 Å². The van der Waals surface area contributed by atoms with Gasteiger partial charge in [-0.05, 0) is 41.3 Å². The van der Waals surface area contributed by atoms with E-state index in [1.54, 1.807) is 33.1 Å². The summed E-state index contributed by atoms with van der Waals surface area (Å²) in [6.07, 6.45) is 0.374. The topological polar surface area (TPSA) is 44.8 Å². The molecule has 0 aliphatic rings. The first-order valence-electron chi connectivity index (χ1n) is 8.74. The van der Waals surface area contributed by atoms with E-state index in [0.29, 0.717) is 23.7 Å². The number of hydrogen-bond acceptors (Lipinski definition) is 6. The molecule has 28 heavy (non-hydrogen) atoms. The molecule has 4 nitrogen and oxygen atoms in total. The van der Waals surface area contributed by atoms with Gasteiger partial charge in [-0.1, -0.05) is 24.3 Å². The molecule has 3 aromatic rings. The largest absolute Gasteiger partial charge is 0.493 e. The molecule has 0 aliphatic heterocycles. The molecule has 0 saturated carbocycles. The molecule has 0 radical (unpaired) electrons. The van der Waals surface area contributed by atoms with Crippen molar-refractivity contribution in [2.45, 2.75) is 16.6 Å². The number of methoxy groups -OCH3 is 3. The maximum absolute atomic E-state index is 12.8. The third-order valence-electron chi connectivity index (χ3n) is 4.25. The van der Waals surface area contributed by atoms with E-state index >= 15 is 0 Å². The van der Waals surface area contributed by atoms with Crippen molar-refractivity contribution in [3.63, 3.8) is 0 Å². The minimum absolute atomic E-state index is 0.0919. The minimum Gasteiger partial charge on any atom is -0.493 e. The van der Waals surface area contributed by atoms with Crippen molar-refractivity contribution in [3.8, 4) is 17.2 Å². The van der Waals surface area contributed by atoms with Crippen LogP contribution >= 0.6 is 23.1 Å². The number of ether oxygens (including phenoxy) is 3. The lowest BCUT2D eigenvalue weighted by Crippen LogP contribution is -2.05. The van der Waals surface area contributed by atoms with E-state index in [9.17, 15) is 4.79 Å². The van der Waals surface area contributed by atoms with Gasteiger partial charge in [0.25, 0.3) is 0 Å². The average Bonchev–Trinajstić information content (AvgIpc) is 3.28. The van der Waals surface area contributed by atoms with Crippen LogP contribution in [0.4, 0.5) is 0 Å². The Balaban J connectivity index is 1.99. The molecule has 0 aliphatic carbocycles. The zero-order valence-corrected chi connectivity index (χ0v) is 17.6. The zero-order valence-electron chi connectivity index (χ0n) is 16.0. The van der Waals surface area contributed by atoms with Crippen LogP contribution in [0, 0.1) is 0 Å². The second-order valence-electron chi connectivity index (χ2n) is 5.98. The quantitative estimate of drug-likeness (QED) is 0.323. The van der Waals surface area contributed by atoms with Crippen molar-refractivity contribution >= 4 is 28.9 Å². The number of benzene rings is 2. The summed E-state index contributed by atoms with van der Waals surface area (Å²) in [7, 11) is 4.77. The molecule has 1 aromatic heterocycles. The Bertz CT molecular complexity index is 883. The number of ketones is 1. The fourth-order valence-corrected chi connectivity index (χ4v) is 4.71. The lowest BCUT2D eigenvalue weighted by molar-refractivity contribution is 0.0986. The molecule has 0 spiro atoms.